The zero-order chi connectivity index (χ0) is 16.9. The van der Waals surface area contributed by atoms with E-state index in [0.717, 1.165) is 17.5 Å². The molecule has 0 atom stereocenters. The minimum atomic E-state index is -0.349. The molecule has 0 saturated carbocycles. The largest absolute Gasteiger partial charge is 0.428 e. The second kappa shape index (κ2) is 7.53. The molecule has 0 saturated heterocycles. The Labute approximate surface area is 144 Å². The lowest BCUT2D eigenvalue weighted by Crippen LogP contribution is -2.26. The lowest BCUT2D eigenvalue weighted by Gasteiger charge is -2.10. The Bertz CT molecular complexity index is 788. The Morgan fingerprint density at radius 2 is 1.62 bits per heavy atom. The first-order chi connectivity index (χ1) is 11.7. The van der Waals surface area contributed by atoms with E-state index in [1.807, 2.05) is 28.8 Å². The van der Waals surface area contributed by atoms with Gasteiger partial charge in [-0.05, 0) is 18.6 Å². The van der Waals surface area contributed by atoms with Gasteiger partial charge in [-0.3, -0.25) is 0 Å². The number of carbonyl (C=O) groups excluding carboxylic acids is 1. The fourth-order valence-electron chi connectivity index (χ4n) is 2.95. The van der Waals surface area contributed by atoms with Gasteiger partial charge < -0.3 is 14.6 Å². The van der Waals surface area contributed by atoms with Crippen molar-refractivity contribution in [3.8, 4) is 0 Å². The van der Waals surface area contributed by atoms with Crippen LogP contribution in [0.4, 0.5) is 4.79 Å². The monoisotopic (exact) mass is 339 g/mol. The Balaban J connectivity index is 1.69. The molecule has 1 aromatic heterocycles. The quantitative estimate of drug-likeness (QED) is 0.526. The van der Waals surface area contributed by atoms with Crippen molar-refractivity contribution in [3.63, 3.8) is 0 Å². The third-order valence-electron chi connectivity index (χ3n) is 4.13. The summed E-state index contributed by atoms with van der Waals surface area (Å²) in [7, 11) is -0.224. The molecule has 0 spiro atoms. The second-order valence-electron chi connectivity index (χ2n) is 6.26. The van der Waals surface area contributed by atoms with Crippen molar-refractivity contribution in [2.24, 2.45) is 0 Å². The van der Waals surface area contributed by atoms with Gasteiger partial charge in [-0.15, -0.1) is 0 Å². The van der Waals surface area contributed by atoms with Crippen LogP contribution in [0.5, 0.6) is 0 Å². The van der Waals surface area contributed by atoms with Gasteiger partial charge in [-0.25, -0.2) is 4.79 Å². The summed E-state index contributed by atoms with van der Waals surface area (Å²) in [4.78, 5) is 11.9. The Kier molecular flexibility index (Phi) is 5.20. The van der Waals surface area contributed by atoms with E-state index in [2.05, 4.69) is 42.7 Å². The molecule has 24 heavy (non-hydrogen) atoms. The smallest absolute Gasteiger partial charge is 0.408 e. The summed E-state index contributed by atoms with van der Waals surface area (Å²) in [5.74, 6) is 0. The molecule has 1 N–H and O–H groups in total. The number of hydrogen-bond acceptors (Lipinski definition) is 2. The number of nitrogens with zero attached hydrogens (tertiary/aromatic N) is 1. The zero-order valence-electron chi connectivity index (χ0n) is 14.2. The van der Waals surface area contributed by atoms with Crippen molar-refractivity contribution < 1.29 is 9.53 Å². The summed E-state index contributed by atoms with van der Waals surface area (Å²) in [6.07, 6.45) is 0.670. The number of hydrogen-bond donors (Lipinski definition) is 1. The molecule has 0 bridgehead atoms. The molecule has 4 nitrogen and oxygen atoms in total. The van der Waals surface area contributed by atoms with E-state index in [1.165, 1.54) is 16.8 Å². The summed E-state index contributed by atoms with van der Waals surface area (Å²) in [6, 6.07) is 17.6. The molecule has 5 heteroatoms. The van der Waals surface area contributed by atoms with Crippen LogP contribution in [-0.4, -0.2) is 26.0 Å². The predicted octanol–water partition coefficient (Wildman–Crippen LogP) is 4.62. The van der Waals surface area contributed by atoms with Gasteiger partial charge in [0.05, 0.1) is 11.0 Å². The number of nitrogens with one attached hydrogen (secondary N) is 1. The number of benzene rings is 2. The lowest BCUT2D eigenvalue weighted by molar-refractivity contribution is 0.117. The fraction of sp³-hybridized carbons (Fsp3) is 0.316. The van der Waals surface area contributed by atoms with Gasteiger partial charge in [-0.2, -0.15) is 0 Å². The van der Waals surface area contributed by atoms with Crippen LogP contribution in [0.2, 0.25) is 19.1 Å². The summed E-state index contributed by atoms with van der Waals surface area (Å²) >= 11 is 0. The summed E-state index contributed by atoms with van der Waals surface area (Å²) in [6.45, 7) is 5.47. The van der Waals surface area contributed by atoms with Crippen LogP contribution in [-0.2, 0) is 11.5 Å². The number of para-hydroxylation sites is 2. The van der Waals surface area contributed by atoms with Crippen molar-refractivity contribution in [2.45, 2.75) is 32.3 Å². The minimum Gasteiger partial charge on any atom is -0.428 e. The fourth-order valence-corrected chi connectivity index (χ4v) is 3.83. The Hall–Kier alpha value is -2.27. The van der Waals surface area contributed by atoms with Gasteiger partial charge in [0.15, 0.2) is 6.73 Å². The van der Waals surface area contributed by atoms with Crippen molar-refractivity contribution >= 4 is 36.7 Å². The van der Waals surface area contributed by atoms with E-state index < -0.39 is 0 Å². The maximum absolute atomic E-state index is 11.9. The molecule has 3 rings (SSSR count). The van der Waals surface area contributed by atoms with Crippen LogP contribution in [0.25, 0.3) is 21.8 Å². The van der Waals surface area contributed by atoms with Crippen molar-refractivity contribution in [3.05, 3.63) is 48.5 Å². The molecule has 0 aliphatic carbocycles. The Morgan fingerprint density at radius 1 is 1.04 bits per heavy atom. The van der Waals surface area contributed by atoms with Crippen LogP contribution in [0.1, 0.15) is 6.42 Å². The van der Waals surface area contributed by atoms with Crippen LogP contribution in [0, 0.1) is 0 Å². The van der Waals surface area contributed by atoms with Gasteiger partial charge >= 0.3 is 6.09 Å². The number of carbonyl (C=O) groups is 1. The number of fused-ring (bicyclic) bond motifs is 3. The maximum Gasteiger partial charge on any atom is 0.408 e. The van der Waals surface area contributed by atoms with E-state index in [9.17, 15) is 4.79 Å². The molecule has 1 radical (unpaired) electrons. The molecule has 0 aliphatic heterocycles. The highest BCUT2D eigenvalue weighted by molar-refractivity contribution is 6.55. The normalized spacial score (nSPS) is 11.3. The zero-order valence-corrected chi connectivity index (χ0v) is 15.2. The van der Waals surface area contributed by atoms with Crippen LogP contribution in [0.15, 0.2) is 48.5 Å². The number of amides is 1. The van der Waals surface area contributed by atoms with Gasteiger partial charge in [0, 0.05) is 26.1 Å². The van der Waals surface area contributed by atoms with Crippen LogP contribution >= 0.6 is 0 Å². The highest BCUT2D eigenvalue weighted by Gasteiger charge is 2.11. The molecule has 3 aromatic rings. The van der Waals surface area contributed by atoms with Crippen LogP contribution < -0.4 is 5.32 Å². The first-order valence-electron chi connectivity index (χ1n) is 8.32. The van der Waals surface area contributed by atoms with Crippen LogP contribution in [0.3, 0.4) is 0 Å². The van der Waals surface area contributed by atoms with E-state index in [-0.39, 0.29) is 21.6 Å². The van der Waals surface area contributed by atoms with Gasteiger partial charge in [0.1, 0.15) is 0 Å². The topological polar surface area (TPSA) is 43.3 Å². The summed E-state index contributed by atoms with van der Waals surface area (Å²) < 4.78 is 7.48. The molecule has 2 aromatic carbocycles. The van der Waals surface area contributed by atoms with Crippen molar-refractivity contribution in [1.29, 1.82) is 0 Å². The number of rotatable bonds is 6. The highest BCUT2D eigenvalue weighted by atomic mass is 28.3. The van der Waals surface area contributed by atoms with E-state index in [1.54, 1.807) is 0 Å². The third-order valence-corrected chi connectivity index (χ3v) is 5.48. The average molecular weight is 339 g/mol. The number of aromatic nitrogens is 1. The molecular weight excluding hydrogens is 316 g/mol. The second-order valence-corrected chi connectivity index (χ2v) is 9.17. The predicted molar refractivity (Wildman–Crippen MR) is 101 cm³/mol. The standard InChI is InChI=1S/C19H23N2O2Si/c1-24(2)13-7-12-20-19(22)23-14-21-17-10-5-3-8-15(17)16-9-4-6-11-18(16)21/h3-6,8-11H,7,12-14H2,1-2H3,(H,20,22). The van der Waals surface area contributed by atoms with Gasteiger partial charge in [0.2, 0.25) is 0 Å². The maximum atomic E-state index is 11.9. The molecule has 125 valence electrons. The third kappa shape index (κ3) is 3.62. The molecule has 1 amide bonds. The molecule has 1 heterocycles. The highest BCUT2D eigenvalue weighted by Crippen LogP contribution is 2.28. The Morgan fingerprint density at radius 3 is 2.21 bits per heavy atom. The molecule has 0 fully saturated rings. The van der Waals surface area contributed by atoms with E-state index in [4.69, 9.17) is 4.74 Å². The van der Waals surface area contributed by atoms with Gasteiger partial charge in [-0.1, -0.05) is 55.5 Å². The average Bonchev–Trinajstić information content (AvgIpc) is 2.91. The molecule has 0 aliphatic rings. The van der Waals surface area contributed by atoms with E-state index >= 15 is 0 Å². The first-order valence-corrected chi connectivity index (χ1v) is 11.0. The van der Waals surface area contributed by atoms with Gasteiger partial charge in [0.25, 0.3) is 0 Å². The minimum absolute atomic E-state index is 0.219. The summed E-state index contributed by atoms with van der Waals surface area (Å²) in [5.41, 5.74) is 2.16. The SMILES string of the molecule is C[Si](C)CCCNC(=O)OCn1c2ccccc2c2ccccc21. The first kappa shape index (κ1) is 16.6. The van der Waals surface area contributed by atoms with Crippen molar-refractivity contribution in [1.82, 2.24) is 9.88 Å². The number of alkyl carbamates (subject to hydrolysis) is 1. The van der Waals surface area contributed by atoms with Crippen molar-refractivity contribution in [2.75, 3.05) is 6.54 Å². The lowest BCUT2D eigenvalue weighted by atomic mass is 10.2. The molecular formula is C19H23N2O2Si. The number of ether oxygens (including phenoxy) is 1. The summed E-state index contributed by atoms with van der Waals surface area (Å²) in [5, 5.41) is 5.20. The molecule has 0 unspecified atom stereocenters. The van der Waals surface area contributed by atoms with E-state index in [0.29, 0.717) is 6.54 Å².